The Bertz CT molecular complexity index is 1180. The van der Waals surface area contributed by atoms with E-state index in [-0.39, 0.29) is 17.5 Å². The normalized spacial score (nSPS) is 15.6. The molecule has 1 atom stereocenters. The van der Waals surface area contributed by atoms with E-state index in [4.69, 9.17) is 9.40 Å². The van der Waals surface area contributed by atoms with Gasteiger partial charge >= 0.3 is 5.69 Å². The molecular weight excluding hydrogens is 373 g/mol. The van der Waals surface area contributed by atoms with Gasteiger partial charge in [-0.05, 0) is 36.6 Å². The topological polar surface area (TPSA) is 77.9 Å². The number of imidazole rings is 1. The summed E-state index contributed by atoms with van der Waals surface area (Å²) in [5.41, 5.74) is 2.37. The molecule has 5 rings (SSSR count). The van der Waals surface area contributed by atoms with E-state index in [1.165, 1.54) is 12.1 Å². The number of fused-ring (bicyclic) bond motifs is 3. The van der Waals surface area contributed by atoms with Crippen molar-refractivity contribution >= 4 is 5.82 Å². The van der Waals surface area contributed by atoms with Crippen LogP contribution >= 0.6 is 0 Å². The van der Waals surface area contributed by atoms with E-state index in [1.807, 2.05) is 6.92 Å². The van der Waals surface area contributed by atoms with Gasteiger partial charge in [-0.2, -0.15) is 0 Å². The third kappa shape index (κ3) is 3.00. The van der Waals surface area contributed by atoms with Crippen LogP contribution < -0.4 is 11.0 Å². The molecule has 0 spiro atoms. The van der Waals surface area contributed by atoms with E-state index < -0.39 is 0 Å². The molecule has 3 aliphatic rings. The van der Waals surface area contributed by atoms with Gasteiger partial charge in [0.25, 0.3) is 0 Å². The number of nitrogens with one attached hydrogen (secondary N) is 1. The van der Waals surface area contributed by atoms with Gasteiger partial charge in [-0.25, -0.2) is 19.2 Å². The molecule has 0 fully saturated rings. The molecule has 2 aromatic rings. The molecule has 0 radical (unpaired) electrons. The maximum Gasteiger partial charge on any atom is 0.331 e. The van der Waals surface area contributed by atoms with Gasteiger partial charge in [0.2, 0.25) is 0 Å². The van der Waals surface area contributed by atoms with E-state index >= 15 is 0 Å². The summed E-state index contributed by atoms with van der Waals surface area (Å²) in [5.74, 6) is 1.55. The molecule has 1 N–H and O–H groups in total. The van der Waals surface area contributed by atoms with Crippen LogP contribution in [0.4, 0.5) is 10.2 Å². The van der Waals surface area contributed by atoms with Gasteiger partial charge in [0, 0.05) is 19.1 Å². The first-order valence-electron chi connectivity index (χ1n) is 9.68. The van der Waals surface area contributed by atoms with Gasteiger partial charge in [-0.3, -0.25) is 9.13 Å². The fourth-order valence-corrected chi connectivity index (χ4v) is 3.88. The van der Waals surface area contributed by atoms with Crippen LogP contribution in [0.25, 0.3) is 22.9 Å². The number of hydrogen-bond donors (Lipinski definition) is 1. The maximum absolute atomic E-state index is 13.2. The van der Waals surface area contributed by atoms with Crippen LogP contribution in [0.1, 0.15) is 18.9 Å². The Labute approximate surface area is 166 Å². The van der Waals surface area contributed by atoms with Gasteiger partial charge in [0.15, 0.2) is 11.6 Å². The molecule has 7 nitrogen and oxygen atoms in total. The number of rotatable bonds is 5. The number of furan rings is 1. The second-order valence-electron chi connectivity index (χ2n) is 7.30. The Morgan fingerprint density at radius 1 is 1.24 bits per heavy atom. The second-order valence-corrected chi connectivity index (χ2v) is 7.30. The number of halogens is 1. The Kier molecular flexibility index (Phi) is 4.19. The summed E-state index contributed by atoms with van der Waals surface area (Å²) in [6.07, 6.45) is 4.66. The van der Waals surface area contributed by atoms with Gasteiger partial charge in [0.05, 0.1) is 11.8 Å². The summed E-state index contributed by atoms with van der Waals surface area (Å²) < 4.78 is 21.8. The van der Waals surface area contributed by atoms with Crippen LogP contribution in [0, 0.1) is 5.82 Å². The molecule has 0 saturated carbocycles. The Balaban J connectivity index is 1.56. The van der Waals surface area contributed by atoms with Crippen molar-refractivity contribution in [1.82, 2.24) is 19.1 Å². The Morgan fingerprint density at radius 2 is 2.07 bits per heavy atom. The van der Waals surface area contributed by atoms with Crippen molar-refractivity contribution in [3.05, 3.63) is 64.7 Å². The molecule has 3 aliphatic heterocycles. The summed E-state index contributed by atoms with van der Waals surface area (Å²) in [5, 5.41) is 3.44. The first-order valence-corrected chi connectivity index (χ1v) is 9.68. The third-order valence-electron chi connectivity index (χ3n) is 5.22. The van der Waals surface area contributed by atoms with Crippen molar-refractivity contribution in [3.8, 4) is 22.9 Å². The monoisotopic (exact) mass is 393 g/mol. The predicted molar refractivity (Wildman–Crippen MR) is 106 cm³/mol. The lowest BCUT2D eigenvalue weighted by molar-refractivity contribution is 0.560. The summed E-state index contributed by atoms with van der Waals surface area (Å²) in [6.45, 7) is 3.12. The Hall–Kier alpha value is -3.42. The van der Waals surface area contributed by atoms with E-state index in [0.29, 0.717) is 42.7 Å². The van der Waals surface area contributed by atoms with Gasteiger partial charge in [-0.15, -0.1) is 0 Å². The smallest absolute Gasteiger partial charge is 0.331 e. The van der Waals surface area contributed by atoms with Crippen LogP contribution in [0.3, 0.4) is 0 Å². The number of anilines is 1. The highest BCUT2D eigenvalue weighted by Crippen LogP contribution is 2.33. The average molecular weight is 393 g/mol. The fourth-order valence-electron chi connectivity index (χ4n) is 3.88. The quantitative estimate of drug-likeness (QED) is 0.562. The summed E-state index contributed by atoms with van der Waals surface area (Å²) in [7, 11) is 0. The molecule has 0 unspecified atom stereocenters. The first-order chi connectivity index (χ1) is 14.1. The highest BCUT2D eigenvalue weighted by atomic mass is 19.1. The highest BCUT2D eigenvalue weighted by Gasteiger charge is 2.31. The highest BCUT2D eigenvalue weighted by molar-refractivity contribution is 5.73. The van der Waals surface area contributed by atoms with Crippen LogP contribution in [0.5, 0.6) is 0 Å². The molecule has 0 aliphatic carbocycles. The minimum Gasteiger partial charge on any atom is -0.472 e. The summed E-state index contributed by atoms with van der Waals surface area (Å²) >= 11 is 0. The predicted octanol–water partition coefficient (Wildman–Crippen LogP) is 3.39. The standard InChI is InChI=1S/C21H20FN5O2/c1-2-8-26-20-17(24-18(25-20)14-7-9-29-12-14)19-23-16(11-27(19)21(26)28)10-13-3-5-15(22)6-4-13/h3-7,9,12,16,23H,2,8,10-11H2,1H3/t16-/m1/s1. The maximum atomic E-state index is 13.2. The molecule has 0 amide bonds. The van der Waals surface area contributed by atoms with Crippen molar-refractivity contribution in [2.45, 2.75) is 38.9 Å². The Morgan fingerprint density at radius 3 is 2.79 bits per heavy atom. The fraction of sp³-hybridized carbons (Fsp3) is 0.286. The lowest BCUT2D eigenvalue weighted by Gasteiger charge is -2.13. The van der Waals surface area contributed by atoms with Gasteiger partial charge < -0.3 is 9.73 Å². The average Bonchev–Trinajstić information content (AvgIpc) is 3.45. The van der Waals surface area contributed by atoms with Crippen molar-refractivity contribution < 1.29 is 8.81 Å². The minimum atomic E-state index is -0.256. The third-order valence-corrected chi connectivity index (χ3v) is 5.22. The number of aromatic nitrogens is 4. The van der Waals surface area contributed by atoms with Crippen LogP contribution in [0.15, 0.2) is 52.1 Å². The minimum absolute atomic E-state index is 0.0166. The van der Waals surface area contributed by atoms with Crippen molar-refractivity contribution in [1.29, 1.82) is 0 Å². The van der Waals surface area contributed by atoms with Crippen molar-refractivity contribution in [2.24, 2.45) is 0 Å². The van der Waals surface area contributed by atoms with Crippen LogP contribution in [-0.4, -0.2) is 25.1 Å². The molecule has 1 aromatic carbocycles. The van der Waals surface area contributed by atoms with E-state index in [0.717, 1.165) is 17.5 Å². The molecule has 1 aromatic heterocycles. The second kappa shape index (κ2) is 6.88. The summed E-state index contributed by atoms with van der Waals surface area (Å²) in [4.78, 5) is 22.5. The number of hydrogen-bond acceptors (Lipinski definition) is 5. The van der Waals surface area contributed by atoms with E-state index in [2.05, 4.69) is 10.3 Å². The zero-order valence-corrected chi connectivity index (χ0v) is 15.9. The number of benzene rings is 1. The number of nitrogens with zero attached hydrogens (tertiary/aromatic N) is 4. The summed E-state index contributed by atoms with van der Waals surface area (Å²) in [6, 6.07) is 8.27. The molecule has 148 valence electrons. The zero-order chi connectivity index (χ0) is 20.0. The molecule has 4 heterocycles. The molecule has 0 bridgehead atoms. The van der Waals surface area contributed by atoms with Gasteiger partial charge in [-0.1, -0.05) is 19.1 Å². The van der Waals surface area contributed by atoms with E-state index in [1.54, 1.807) is 39.9 Å². The largest absolute Gasteiger partial charge is 0.472 e. The van der Waals surface area contributed by atoms with Crippen LogP contribution in [0.2, 0.25) is 0 Å². The zero-order valence-electron chi connectivity index (χ0n) is 15.9. The lowest BCUT2D eigenvalue weighted by Crippen LogP contribution is -2.32. The van der Waals surface area contributed by atoms with E-state index in [9.17, 15) is 9.18 Å². The molecule has 8 heteroatoms. The lowest BCUT2D eigenvalue weighted by atomic mass is 10.1. The molecule has 0 saturated heterocycles. The van der Waals surface area contributed by atoms with Gasteiger partial charge in [0.1, 0.15) is 23.6 Å². The molecule has 29 heavy (non-hydrogen) atoms. The SMILES string of the molecule is CCCn1c2nc(-c3ccoc3)nc-2c2n(c1=O)C[C@@H](Cc1ccc(F)cc1)N2. The first kappa shape index (κ1) is 17.7. The van der Waals surface area contributed by atoms with Crippen molar-refractivity contribution in [3.63, 3.8) is 0 Å². The van der Waals surface area contributed by atoms with Crippen molar-refractivity contribution in [2.75, 3.05) is 5.32 Å². The van der Waals surface area contributed by atoms with Crippen LogP contribution in [-0.2, 0) is 19.5 Å². The molecular formula is C21H20FN5O2.